The van der Waals surface area contributed by atoms with E-state index in [1.54, 1.807) is 0 Å². The largest absolute Gasteiger partial charge is 0.468 e. The number of carbonyl (C=O) groups excluding carboxylic acids is 2. The quantitative estimate of drug-likeness (QED) is 0.701. The minimum atomic E-state index is -2.86. The first-order chi connectivity index (χ1) is 9.89. The molecule has 1 unspecified atom stereocenters. The maximum atomic E-state index is 13.0. The number of ether oxygens (including phenoxy) is 1. The minimum Gasteiger partial charge on any atom is -0.468 e. The lowest BCUT2D eigenvalue weighted by atomic mass is 10.2. The van der Waals surface area contributed by atoms with Crippen molar-refractivity contribution >= 4 is 24.3 Å². The highest BCUT2D eigenvalue weighted by Gasteiger charge is 2.42. The molecule has 0 spiro atoms. The van der Waals surface area contributed by atoms with Crippen LogP contribution in [0, 0.1) is 0 Å². The van der Waals surface area contributed by atoms with E-state index in [1.165, 1.54) is 18.0 Å². The molecular weight excluding hydrogens is 324 g/mol. The van der Waals surface area contributed by atoms with Crippen LogP contribution >= 0.6 is 12.4 Å². The summed E-state index contributed by atoms with van der Waals surface area (Å²) >= 11 is 0. The van der Waals surface area contributed by atoms with E-state index < -0.39 is 36.8 Å². The number of hydrogen-bond acceptors (Lipinski definition) is 6. The van der Waals surface area contributed by atoms with Crippen molar-refractivity contribution in [1.82, 2.24) is 25.6 Å². The molecule has 0 radical (unpaired) electrons. The van der Waals surface area contributed by atoms with Crippen LogP contribution in [-0.4, -0.2) is 52.5 Å². The van der Waals surface area contributed by atoms with Crippen LogP contribution in [0.3, 0.4) is 0 Å². The third-order valence-electron chi connectivity index (χ3n) is 2.97. The Morgan fingerprint density at radius 2 is 2.32 bits per heavy atom. The second-order valence-electron chi connectivity index (χ2n) is 4.69. The molecule has 1 fully saturated rings. The van der Waals surface area contributed by atoms with Gasteiger partial charge >= 0.3 is 5.97 Å². The molecule has 1 aliphatic heterocycles. The second-order valence-corrected chi connectivity index (χ2v) is 4.69. The molecule has 1 aliphatic rings. The number of carbonyl (C=O) groups is 2. The highest BCUT2D eigenvalue weighted by Crippen LogP contribution is 2.24. The maximum absolute atomic E-state index is 13.0. The molecule has 0 aromatic carbocycles. The van der Waals surface area contributed by atoms with E-state index in [4.69, 9.17) is 0 Å². The van der Waals surface area contributed by atoms with Crippen LogP contribution < -0.4 is 10.6 Å². The van der Waals surface area contributed by atoms with E-state index in [9.17, 15) is 18.4 Å². The fraction of sp³-hybridized carbons (Fsp3) is 0.636. The highest BCUT2D eigenvalue weighted by molar-refractivity contribution is 5.85. The number of hydrogen-bond donors (Lipinski definition) is 2. The predicted molar refractivity (Wildman–Crippen MR) is 72.5 cm³/mol. The molecule has 1 saturated heterocycles. The van der Waals surface area contributed by atoms with Gasteiger partial charge in [-0.3, -0.25) is 14.9 Å². The number of halogens is 3. The Morgan fingerprint density at radius 3 is 2.91 bits per heavy atom. The summed E-state index contributed by atoms with van der Waals surface area (Å²) in [6.07, 6.45) is 0.946. The fourth-order valence-corrected chi connectivity index (χ4v) is 1.90. The van der Waals surface area contributed by atoms with Crippen molar-refractivity contribution in [3.63, 3.8) is 0 Å². The summed E-state index contributed by atoms with van der Waals surface area (Å²) in [5.74, 6) is -3.85. The molecule has 11 heteroatoms. The Labute approximate surface area is 131 Å². The zero-order valence-corrected chi connectivity index (χ0v) is 12.5. The van der Waals surface area contributed by atoms with Crippen LogP contribution in [-0.2, 0) is 27.4 Å². The summed E-state index contributed by atoms with van der Waals surface area (Å²) in [4.78, 5) is 22.7. The number of nitrogens with zero attached hydrogens (tertiary/aromatic N) is 3. The molecule has 124 valence electrons. The number of aromatic nitrogens is 3. The average molecular weight is 340 g/mol. The van der Waals surface area contributed by atoms with E-state index >= 15 is 0 Å². The first-order valence-electron chi connectivity index (χ1n) is 6.24. The third-order valence-corrected chi connectivity index (χ3v) is 2.97. The summed E-state index contributed by atoms with van der Waals surface area (Å²) in [6, 6.07) is -0.912. The molecule has 2 heterocycles. The van der Waals surface area contributed by atoms with Crippen molar-refractivity contribution in [2.45, 2.75) is 31.5 Å². The Hall–Kier alpha value is -1.81. The van der Waals surface area contributed by atoms with Crippen LogP contribution in [0.25, 0.3) is 0 Å². The van der Waals surface area contributed by atoms with Gasteiger partial charge in [0.15, 0.2) is 0 Å². The summed E-state index contributed by atoms with van der Waals surface area (Å²) < 4.78 is 31.7. The van der Waals surface area contributed by atoms with E-state index in [2.05, 4.69) is 25.7 Å². The first-order valence-corrected chi connectivity index (χ1v) is 6.24. The predicted octanol–water partition coefficient (Wildman–Crippen LogP) is -0.514. The molecule has 1 aromatic rings. The van der Waals surface area contributed by atoms with Gasteiger partial charge in [-0.15, -0.1) is 17.5 Å². The van der Waals surface area contributed by atoms with Crippen LogP contribution in [0.1, 0.15) is 12.1 Å². The minimum absolute atomic E-state index is 0. The second kappa shape index (κ2) is 7.45. The van der Waals surface area contributed by atoms with Crippen molar-refractivity contribution in [1.29, 1.82) is 0 Å². The summed E-state index contributed by atoms with van der Waals surface area (Å²) in [7, 11) is 1.25. The van der Waals surface area contributed by atoms with Gasteiger partial charge in [-0.1, -0.05) is 5.21 Å². The number of rotatable bonds is 5. The van der Waals surface area contributed by atoms with E-state index in [0.717, 1.165) is 0 Å². The molecule has 8 nitrogen and oxygen atoms in total. The van der Waals surface area contributed by atoms with Gasteiger partial charge < -0.3 is 10.1 Å². The molecule has 0 saturated carbocycles. The lowest BCUT2D eigenvalue weighted by Crippen LogP contribution is -2.40. The van der Waals surface area contributed by atoms with Crippen molar-refractivity contribution in [3.8, 4) is 0 Å². The van der Waals surface area contributed by atoms with E-state index in [-0.39, 0.29) is 25.5 Å². The lowest BCUT2D eigenvalue weighted by molar-refractivity contribution is -0.141. The summed E-state index contributed by atoms with van der Waals surface area (Å²) in [5, 5.41) is 12.4. The standard InChI is InChI=1S/C11H15F2N5O3.ClH/c1-21-9(19)5-18-4-7(16-17-18)3-14-10(20)8-2-11(12,13)6-15-8;/h4,8,15H,2-3,5-6H2,1H3,(H,14,20);1H. The summed E-state index contributed by atoms with van der Waals surface area (Å²) in [5.41, 5.74) is 0.414. The van der Waals surface area contributed by atoms with Crippen LogP contribution in [0.4, 0.5) is 8.78 Å². The van der Waals surface area contributed by atoms with Crippen LogP contribution in [0.15, 0.2) is 6.20 Å². The molecule has 0 bridgehead atoms. The maximum Gasteiger partial charge on any atom is 0.327 e. The number of nitrogens with one attached hydrogen (secondary N) is 2. The molecule has 22 heavy (non-hydrogen) atoms. The molecule has 1 amide bonds. The van der Waals surface area contributed by atoms with Crippen LogP contribution in [0.5, 0.6) is 0 Å². The molecule has 1 aromatic heterocycles. The number of methoxy groups -OCH3 is 1. The van der Waals surface area contributed by atoms with E-state index in [1.807, 2.05) is 0 Å². The topological polar surface area (TPSA) is 98.1 Å². The van der Waals surface area contributed by atoms with Gasteiger partial charge in [0.25, 0.3) is 5.92 Å². The zero-order valence-electron chi connectivity index (χ0n) is 11.7. The molecular formula is C11H16ClF2N5O3. The smallest absolute Gasteiger partial charge is 0.327 e. The lowest BCUT2D eigenvalue weighted by Gasteiger charge is -2.09. The van der Waals surface area contributed by atoms with Crippen molar-refractivity contribution in [2.75, 3.05) is 13.7 Å². The molecule has 2 N–H and O–H groups in total. The van der Waals surface area contributed by atoms with Gasteiger partial charge in [-0.2, -0.15) is 0 Å². The molecule has 2 rings (SSSR count). The van der Waals surface area contributed by atoms with Gasteiger partial charge in [0.2, 0.25) is 5.91 Å². The highest BCUT2D eigenvalue weighted by atomic mass is 35.5. The number of alkyl halides is 2. The SMILES string of the molecule is COC(=O)Cn1cc(CNC(=O)C2CC(F)(F)CN2)nn1.Cl. The zero-order chi connectivity index (χ0) is 15.5. The van der Waals surface area contributed by atoms with Crippen molar-refractivity contribution in [2.24, 2.45) is 0 Å². The number of amides is 1. The number of esters is 1. The third kappa shape index (κ3) is 4.88. The van der Waals surface area contributed by atoms with Crippen LogP contribution in [0.2, 0.25) is 0 Å². The van der Waals surface area contributed by atoms with Gasteiger partial charge in [-0.25, -0.2) is 13.5 Å². The first kappa shape index (κ1) is 18.2. The Balaban J connectivity index is 0.00000242. The average Bonchev–Trinajstić information content (AvgIpc) is 3.02. The Kier molecular flexibility index (Phi) is 6.18. The normalized spacial score (nSPS) is 19.3. The summed E-state index contributed by atoms with van der Waals surface area (Å²) in [6.45, 7) is -0.544. The fourth-order valence-electron chi connectivity index (χ4n) is 1.90. The van der Waals surface area contributed by atoms with Gasteiger partial charge in [-0.05, 0) is 0 Å². The van der Waals surface area contributed by atoms with Gasteiger partial charge in [0.05, 0.1) is 32.4 Å². The van der Waals surface area contributed by atoms with Gasteiger partial charge in [0, 0.05) is 6.42 Å². The Bertz CT molecular complexity index is 540. The Morgan fingerprint density at radius 1 is 1.59 bits per heavy atom. The molecule has 0 aliphatic carbocycles. The molecule has 1 atom stereocenters. The van der Waals surface area contributed by atoms with Crippen molar-refractivity contribution < 1.29 is 23.1 Å². The van der Waals surface area contributed by atoms with Gasteiger partial charge in [0.1, 0.15) is 12.2 Å². The monoisotopic (exact) mass is 339 g/mol. The van der Waals surface area contributed by atoms with E-state index in [0.29, 0.717) is 5.69 Å². The van der Waals surface area contributed by atoms with Crippen molar-refractivity contribution in [3.05, 3.63) is 11.9 Å².